The van der Waals surface area contributed by atoms with Gasteiger partial charge < -0.3 is 0 Å². The molecule has 1 rings (SSSR count). The van der Waals surface area contributed by atoms with Crippen LogP contribution >= 0.6 is 0 Å². The fraction of sp³-hybridized carbons (Fsp3) is 0.333. The number of hydrogen-bond acceptors (Lipinski definition) is 2. The van der Waals surface area contributed by atoms with Gasteiger partial charge in [0.25, 0.3) is 0 Å². The van der Waals surface area contributed by atoms with Crippen LogP contribution in [-0.2, 0) is 6.42 Å². The van der Waals surface area contributed by atoms with Crippen LogP contribution in [0.3, 0.4) is 0 Å². The predicted molar refractivity (Wildman–Crippen MR) is 43.1 cm³/mol. The summed E-state index contributed by atoms with van der Waals surface area (Å²) in [4.78, 5) is 4.15. The molecule has 0 aliphatic rings. The second-order valence-corrected chi connectivity index (χ2v) is 2.40. The summed E-state index contributed by atoms with van der Waals surface area (Å²) >= 11 is 0. The van der Waals surface area contributed by atoms with Crippen LogP contribution in [0.15, 0.2) is 12.3 Å². The lowest BCUT2D eigenvalue weighted by atomic mass is 10.1. The van der Waals surface area contributed by atoms with E-state index in [9.17, 15) is 0 Å². The number of nitrogens with zero attached hydrogens (tertiary/aromatic N) is 2. The zero-order valence-electron chi connectivity index (χ0n) is 6.76. The largest absolute Gasteiger partial charge is 0.261 e. The van der Waals surface area contributed by atoms with Crippen LogP contribution in [0.2, 0.25) is 0 Å². The Morgan fingerprint density at radius 1 is 1.64 bits per heavy atom. The second kappa shape index (κ2) is 3.16. The topological polar surface area (TPSA) is 36.7 Å². The van der Waals surface area contributed by atoms with Crippen molar-refractivity contribution in [3.63, 3.8) is 0 Å². The van der Waals surface area contributed by atoms with E-state index in [1.54, 1.807) is 12.3 Å². The first kappa shape index (κ1) is 7.74. The van der Waals surface area contributed by atoms with Crippen molar-refractivity contribution in [2.45, 2.75) is 20.3 Å². The second-order valence-electron chi connectivity index (χ2n) is 2.40. The molecule has 11 heavy (non-hydrogen) atoms. The third kappa shape index (κ3) is 1.38. The predicted octanol–water partition coefficient (Wildman–Crippen LogP) is 1.82. The van der Waals surface area contributed by atoms with Gasteiger partial charge in [0, 0.05) is 11.9 Å². The molecule has 2 nitrogen and oxygen atoms in total. The number of aromatic nitrogens is 1. The molecule has 0 aliphatic carbocycles. The minimum absolute atomic E-state index is 0.733. The van der Waals surface area contributed by atoms with Crippen molar-refractivity contribution in [1.82, 2.24) is 4.98 Å². The fourth-order valence-corrected chi connectivity index (χ4v) is 1.06. The molecule has 0 saturated carbocycles. The van der Waals surface area contributed by atoms with Crippen LogP contribution in [0, 0.1) is 18.3 Å². The highest BCUT2D eigenvalue weighted by Gasteiger charge is 2.01. The first-order chi connectivity index (χ1) is 5.29. The van der Waals surface area contributed by atoms with Crippen LogP contribution in [0.4, 0.5) is 0 Å². The molecule has 1 aromatic heterocycles. The van der Waals surface area contributed by atoms with Gasteiger partial charge >= 0.3 is 0 Å². The summed E-state index contributed by atoms with van der Waals surface area (Å²) in [7, 11) is 0. The summed E-state index contributed by atoms with van der Waals surface area (Å²) in [6.45, 7) is 3.97. The Balaban J connectivity index is 3.23. The summed E-state index contributed by atoms with van der Waals surface area (Å²) in [6, 6.07) is 3.87. The molecule has 0 unspecified atom stereocenters. The van der Waals surface area contributed by atoms with Crippen molar-refractivity contribution in [1.29, 1.82) is 5.26 Å². The molecule has 0 fully saturated rings. The van der Waals surface area contributed by atoms with Crippen LogP contribution in [-0.4, -0.2) is 4.98 Å². The Bertz CT molecular complexity index is 297. The quantitative estimate of drug-likeness (QED) is 0.606. The monoisotopic (exact) mass is 146 g/mol. The van der Waals surface area contributed by atoms with E-state index in [1.165, 1.54) is 0 Å². The maximum atomic E-state index is 8.66. The van der Waals surface area contributed by atoms with Gasteiger partial charge in [0.15, 0.2) is 0 Å². The molecule has 56 valence electrons. The van der Waals surface area contributed by atoms with Gasteiger partial charge in [0.05, 0.1) is 11.6 Å². The van der Waals surface area contributed by atoms with E-state index in [2.05, 4.69) is 11.1 Å². The zero-order valence-corrected chi connectivity index (χ0v) is 6.76. The maximum absolute atomic E-state index is 8.66. The average Bonchev–Trinajstić information content (AvgIpc) is 2.05. The molecular weight excluding hydrogens is 136 g/mol. The minimum Gasteiger partial charge on any atom is -0.261 e. The van der Waals surface area contributed by atoms with E-state index in [0.717, 1.165) is 23.2 Å². The normalized spacial score (nSPS) is 9.18. The average molecular weight is 146 g/mol. The molecule has 0 radical (unpaired) electrons. The molecule has 0 saturated heterocycles. The molecule has 0 aliphatic heterocycles. The maximum Gasteiger partial charge on any atom is 0.0995 e. The van der Waals surface area contributed by atoms with Crippen LogP contribution in [0.1, 0.15) is 23.7 Å². The van der Waals surface area contributed by atoms with Gasteiger partial charge in [-0.1, -0.05) is 6.92 Å². The highest BCUT2D eigenvalue weighted by molar-refractivity contribution is 5.38. The van der Waals surface area contributed by atoms with E-state index in [-0.39, 0.29) is 0 Å². The zero-order chi connectivity index (χ0) is 8.27. The third-order valence-electron chi connectivity index (χ3n) is 1.76. The van der Waals surface area contributed by atoms with E-state index in [0.29, 0.717) is 0 Å². The number of rotatable bonds is 1. The Morgan fingerprint density at radius 2 is 2.36 bits per heavy atom. The SMILES string of the molecule is CCc1nccc(C#N)c1C. The molecule has 2 heteroatoms. The first-order valence-corrected chi connectivity index (χ1v) is 3.64. The summed E-state index contributed by atoms with van der Waals surface area (Å²) in [5.74, 6) is 0. The summed E-state index contributed by atoms with van der Waals surface area (Å²) in [5.41, 5.74) is 2.76. The van der Waals surface area contributed by atoms with Crippen molar-refractivity contribution in [3.05, 3.63) is 29.1 Å². The summed E-state index contributed by atoms with van der Waals surface area (Å²) in [5, 5.41) is 8.66. The van der Waals surface area contributed by atoms with Crippen LogP contribution < -0.4 is 0 Å². The molecule has 1 aromatic rings. The Kier molecular flexibility index (Phi) is 2.22. The molecule has 0 spiro atoms. The lowest BCUT2D eigenvalue weighted by Gasteiger charge is -2.01. The van der Waals surface area contributed by atoms with Gasteiger partial charge in [0.1, 0.15) is 0 Å². The Morgan fingerprint density at radius 3 is 2.91 bits per heavy atom. The Hall–Kier alpha value is -1.36. The number of aryl methyl sites for hydroxylation is 1. The molecule has 0 amide bonds. The number of hydrogen-bond donors (Lipinski definition) is 0. The van der Waals surface area contributed by atoms with E-state index in [1.807, 2.05) is 13.8 Å². The summed E-state index contributed by atoms with van der Waals surface area (Å²) in [6.07, 6.45) is 2.58. The fourth-order valence-electron chi connectivity index (χ4n) is 1.06. The third-order valence-corrected chi connectivity index (χ3v) is 1.76. The lowest BCUT2D eigenvalue weighted by molar-refractivity contribution is 1.00. The van der Waals surface area contributed by atoms with Crippen molar-refractivity contribution in [3.8, 4) is 6.07 Å². The van der Waals surface area contributed by atoms with Gasteiger partial charge in [-0.05, 0) is 25.0 Å². The molecular formula is C9H10N2. The van der Waals surface area contributed by atoms with E-state index in [4.69, 9.17) is 5.26 Å². The summed E-state index contributed by atoms with van der Waals surface area (Å²) < 4.78 is 0. The molecule has 0 atom stereocenters. The number of nitriles is 1. The van der Waals surface area contributed by atoms with Gasteiger partial charge in [0.2, 0.25) is 0 Å². The van der Waals surface area contributed by atoms with Crippen molar-refractivity contribution in [2.24, 2.45) is 0 Å². The molecule has 0 aromatic carbocycles. The van der Waals surface area contributed by atoms with Crippen molar-refractivity contribution >= 4 is 0 Å². The van der Waals surface area contributed by atoms with Gasteiger partial charge in [-0.25, -0.2) is 0 Å². The van der Waals surface area contributed by atoms with Gasteiger partial charge in [-0.3, -0.25) is 4.98 Å². The first-order valence-electron chi connectivity index (χ1n) is 3.64. The molecule has 0 N–H and O–H groups in total. The van der Waals surface area contributed by atoms with Crippen molar-refractivity contribution in [2.75, 3.05) is 0 Å². The highest BCUT2D eigenvalue weighted by Crippen LogP contribution is 2.09. The molecule has 0 bridgehead atoms. The van der Waals surface area contributed by atoms with Gasteiger partial charge in [-0.2, -0.15) is 5.26 Å². The standard InChI is InChI=1S/C9H10N2/c1-3-9-7(2)8(6-10)4-5-11-9/h4-5H,3H2,1-2H3. The minimum atomic E-state index is 0.733. The van der Waals surface area contributed by atoms with Crippen molar-refractivity contribution < 1.29 is 0 Å². The number of pyridine rings is 1. The Labute approximate surface area is 66.5 Å². The van der Waals surface area contributed by atoms with E-state index < -0.39 is 0 Å². The van der Waals surface area contributed by atoms with Crippen LogP contribution in [0.25, 0.3) is 0 Å². The van der Waals surface area contributed by atoms with Crippen LogP contribution in [0.5, 0.6) is 0 Å². The smallest absolute Gasteiger partial charge is 0.0995 e. The molecule has 1 heterocycles. The highest BCUT2D eigenvalue weighted by atomic mass is 14.7. The van der Waals surface area contributed by atoms with E-state index >= 15 is 0 Å². The lowest BCUT2D eigenvalue weighted by Crippen LogP contribution is -1.93. The van der Waals surface area contributed by atoms with Gasteiger partial charge in [-0.15, -0.1) is 0 Å².